The minimum absolute atomic E-state index is 0.144. The molecule has 34 heavy (non-hydrogen) atoms. The van der Waals surface area contributed by atoms with Crippen molar-refractivity contribution in [2.75, 3.05) is 7.05 Å². The van der Waals surface area contributed by atoms with Crippen molar-refractivity contribution in [1.82, 2.24) is 4.90 Å². The summed E-state index contributed by atoms with van der Waals surface area (Å²) in [5, 5.41) is 0. The SMILES string of the molecule is C=C(N)N(C)C(=O)C(C)(c1ccc(C)c(CC)c1)c1ccc(C)c(CCC(C)F)c1.CC(F)F. The fourth-order valence-electron chi connectivity index (χ4n) is 3.85. The topological polar surface area (TPSA) is 46.3 Å². The van der Waals surface area contributed by atoms with Gasteiger partial charge in [0, 0.05) is 7.05 Å². The number of likely N-dealkylation sites (N-methyl/N-ethyl adjacent to an activating group) is 1. The molecule has 3 nitrogen and oxygen atoms in total. The van der Waals surface area contributed by atoms with Crippen LogP contribution in [0.4, 0.5) is 13.2 Å². The van der Waals surface area contributed by atoms with Crippen LogP contribution in [-0.2, 0) is 23.1 Å². The second-order valence-corrected chi connectivity index (χ2v) is 8.95. The maximum absolute atomic E-state index is 13.7. The maximum Gasteiger partial charge on any atom is 0.242 e. The lowest BCUT2D eigenvalue weighted by Gasteiger charge is -2.34. The van der Waals surface area contributed by atoms with E-state index in [0.717, 1.165) is 35.6 Å². The summed E-state index contributed by atoms with van der Waals surface area (Å²) in [6.07, 6.45) is -1.05. The lowest BCUT2D eigenvalue weighted by atomic mass is 9.73. The molecule has 2 rings (SSSR count). The number of carbonyl (C=O) groups is 1. The fraction of sp³-hybridized carbons (Fsp3) is 0.464. The second kappa shape index (κ2) is 12.6. The quantitative estimate of drug-likeness (QED) is 0.465. The number of nitrogens with zero attached hydrogens (tertiary/aromatic N) is 1. The van der Waals surface area contributed by atoms with Crippen molar-refractivity contribution in [2.45, 2.75) is 78.8 Å². The van der Waals surface area contributed by atoms with Gasteiger partial charge in [-0.25, -0.2) is 13.2 Å². The Morgan fingerprint density at radius 1 is 1.03 bits per heavy atom. The molecule has 0 aliphatic heterocycles. The number of benzene rings is 2. The molecule has 0 saturated carbocycles. The molecule has 0 spiro atoms. The van der Waals surface area contributed by atoms with Crippen molar-refractivity contribution in [2.24, 2.45) is 5.73 Å². The highest BCUT2D eigenvalue weighted by molar-refractivity contribution is 5.92. The molecule has 2 unspecified atom stereocenters. The third-order valence-electron chi connectivity index (χ3n) is 6.21. The van der Waals surface area contributed by atoms with Gasteiger partial charge in [-0.2, -0.15) is 0 Å². The van der Waals surface area contributed by atoms with Gasteiger partial charge in [-0.15, -0.1) is 0 Å². The summed E-state index contributed by atoms with van der Waals surface area (Å²) in [5.74, 6) is 0.0576. The Kier molecular flexibility index (Phi) is 10.9. The van der Waals surface area contributed by atoms with Gasteiger partial charge in [0.1, 0.15) is 0 Å². The number of rotatable bonds is 8. The van der Waals surface area contributed by atoms with Gasteiger partial charge in [-0.05, 0) is 87.3 Å². The smallest absolute Gasteiger partial charge is 0.242 e. The molecule has 0 heterocycles. The van der Waals surface area contributed by atoms with Gasteiger partial charge in [0.2, 0.25) is 12.3 Å². The molecule has 0 bridgehead atoms. The second-order valence-electron chi connectivity index (χ2n) is 8.95. The number of hydrogen-bond donors (Lipinski definition) is 1. The van der Waals surface area contributed by atoms with Gasteiger partial charge in [0.05, 0.1) is 17.4 Å². The van der Waals surface area contributed by atoms with Gasteiger partial charge in [0.15, 0.2) is 0 Å². The first-order valence-corrected chi connectivity index (χ1v) is 11.6. The van der Waals surface area contributed by atoms with Crippen molar-refractivity contribution in [3.05, 3.63) is 82.2 Å². The van der Waals surface area contributed by atoms with Crippen LogP contribution in [0.2, 0.25) is 0 Å². The first-order chi connectivity index (χ1) is 15.7. The highest BCUT2D eigenvalue weighted by Crippen LogP contribution is 2.36. The third-order valence-corrected chi connectivity index (χ3v) is 6.21. The third kappa shape index (κ3) is 7.37. The Labute approximate surface area is 202 Å². The van der Waals surface area contributed by atoms with Crippen LogP contribution in [0.5, 0.6) is 0 Å². The monoisotopic (exact) mass is 476 g/mol. The van der Waals surface area contributed by atoms with E-state index in [2.05, 4.69) is 32.6 Å². The lowest BCUT2D eigenvalue weighted by Crippen LogP contribution is -2.45. The van der Waals surface area contributed by atoms with Crippen LogP contribution in [-0.4, -0.2) is 30.5 Å². The van der Waals surface area contributed by atoms with E-state index in [1.54, 1.807) is 14.0 Å². The highest BCUT2D eigenvalue weighted by Gasteiger charge is 2.40. The molecule has 6 heteroatoms. The normalized spacial score (nSPS) is 13.5. The molecule has 0 aliphatic rings. The Bertz CT molecular complexity index is 985. The number of carbonyl (C=O) groups excluding carboxylic acids is 1. The molecule has 2 aromatic carbocycles. The van der Waals surface area contributed by atoms with Gasteiger partial charge < -0.3 is 10.6 Å². The summed E-state index contributed by atoms with van der Waals surface area (Å²) in [6.45, 7) is 14.3. The van der Waals surface area contributed by atoms with Crippen LogP contribution in [0.15, 0.2) is 48.8 Å². The van der Waals surface area contributed by atoms with Crippen molar-refractivity contribution in [1.29, 1.82) is 0 Å². The van der Waals surface area contributed by atoms with Crippen LogP contribution in [0.1, 0.15) is 67.5 Å². The molecular weight excluding hydrogens is 437 g/mol. The van der Waals surface area contributed by atoms with E-state index >= 15 is 0 Å². The predicted molar refractivity (Wildman–Crippen MR) is 135 cm³/mol. The van der Waals surface area contributed by atoms with Crippen LogP contribution in [0.25, 0.3) is 0 Å². The first-order valence-electron chi connectivity index (χ1n) is 11.6. The highest BCUT2D eigenvalue weighted by atomic mass is 19.3. The zero-order valence-corrected chi connectivity index (χ0v) is 21.5. The first kappa shape index (κ1) is 29.3. The summed E-state index contributed by atoms with van der Waals surface area (Å²) in [5.41, 5.74) is 11.3. The molecule has 0 aromatic heterocycles. The van der Waals surface area contributed by atoms with Crippen LogP contribution in [0.3, 0.4) is 0 Å². The van der Waals surface area contributed by atoms with Crippen LogP contribution < -0.4 is 5.73 Å². The standard InChI is InChI=1S/C26H35FN2O.C2H4F2/c1-8-21-15-23(13-9-17(21)2)26(6,25(30)29(7)20(5)28)24-14-10-18(3)22(16-24)12-11-19(4)27;1-2(3)4/h9-10,13-16,19H,5,8,11-12,28H2,1-4,6-7H3;2H,1H3. The number of aryl methyl sites for hydroxylation is 4. The van der Waals surface area contributed by atoms with Gasteiger partial charge >= 0.3 is 0 Å². The summed E-state index contributed by atoms with van der Waals surface area (Å²) < 4.78 is 34.1. The molecule has 188 valence electrons. The zero-order valence-electron chi connectivity index (χ0n) is 21.5. The largest absolute Gasteiger partial charge is 0.386 e. The summed E-state index contributed by atoms with van der Waals surface area (Å²) in [7, 11) is 1.65. The molecule has 0 radical (unpaired) electrons. The van der Waals surface area contributed by atoms with Crippen LogP contribution in [0, 0.1) is 13.8 Å². The van der Waals surface area contributed by atoms with E-state index in [0.29, 0.717) is 12.8 Å². The fourth-order valence-corrected chi connectivity index (χ4v) is 3.85. The van der Waals surface area contributed by atoms with E-state index in [4.69, 9.17) is 5.73 Å². The van der Waals surface area contributed by atoms with E-state index in [1.165, 1.54) is 16.0 Å². The Balaban J connectivity index is 0.00000133. The molecule has 0 aliphatic carbocycles. The Morgan fingerprint density at radius 3 is 1.88 bits per heavy atom. The van der Waals surface area contributed by atoms with Crippen molar-refractivity contribution < 1.29 is 18.0 Å². The van der Waals surface area contributed by atoms with Crippen molar-refractivity contribution in [3.63, 3.8) is 0 Å². The number of amides is 1. The molecule has 1 amide bonds. The molecule has 2 aromatic rings. The van der Waals surface area contributed by atoms with E-state index < -0.39 is 18.0 Å². The van der Waals surface area contributed by atoms with E-state index in [-0.39, 0.29) is 11.7 Å². The molecular formula is C28H39F3N2O. The van der Waals surface area contributed by atoms with E-state index in [9.17, 15) is 18.0 Å². The van der Waals surface area contributed by atoms with Crippen LogP contribution >= 0.6 is 0 Å². The molecule has 2 N–H and O–H groups in total. The molecule has 2 atom stereocenters. The minimum atomic E-state index is -2.17. The molecule has 0 fully saturated rings. The maximum atomic E-state index is 13.7. The minimum Gasteiger partial charge on any atom is -0.386 e. The summed E-state index contributed by atoms with van der Waals surface area (Å²) in [6, 6.07) is 12.3. The summed E-state index contributed by atoms with van der Waals surface area (Å²) in [4.78, 5) is 15.1. The predicted octanol–water partition coefficient (Wildman–Crippen LogP) is 6.62. The van der Waals surface area contributed by atoms with E-state index in [1.807, 2.05) is 38.1 Å². The number of alkyl halides is 3. The summed E-state index contributed by atoms with van der Waals surface area (Å²) >= 11 is 0. The number of nitrogens with two attached hydrogens (primary N) is 1. The van der Waals surface area contributed by atoms with Crippen molar-refractivity contribution >= 4 is 5.91 Å². The lowest BCUT2D eigenvalue weighted by molar-refractivity contribution is -0.132. The average molecular weight is 477 g/mol. The van der Waals surface area contributed by atoms with Crippen molar-refractivity contribution in [3.8, 4) is 0 Å². The zero-order chi connectivity index (χ0) is 26.2. The van der Waals surface area contributed by atoms with Gasteiger partial charge in [-0.1, -0.05) is 49.9 Å². The Hall–Kier alpha value is -2.76. The average Bonchev–Trinajstić information content (AvgIpc) is 2.76. The Morgan fingerprint density at radius 2 is 1.47 bits per heavy atom. The molecule has 0 saturated heterocycles. The number of halogens is 3. The van der Waals surface area contributed by atoms with Gasteiger partial charge in [-0.3, -0.25) is 4.79 Å². The number of hydrogen-bond acceptors (Lipinski definition) is 2. The van der Waals surface area contributed by atoms with Gasteiger partial charge in [0.25, 0.3) is 0 Å².